The highest BCUT2D eigenvalue weighted by Gasteiger charge is 2.19. The molecule has 24 heavy (non-hydrogen) atoms. The zero-order chi connectivity index (χ0) is 17.4. The summed E-state index contributed by atoms with van der Waals surface area (Å²) in [6.07, 6.45) is 0. The maximum Gasteiger partial charge on any atom is 0.295 e. The average Bonchev–Trinajstić information content (AvgIpc) is 2.78. The van der Waals surface area contributed by atoms with Gasteiger partial charge in [-0.05, 0) is 42.5 Å². The Morgan fingerprint density at radius 2 is 1.75 bits per heavy atom. The van der Waals surface area contributed by atoms with Gasteiger partial charge in [0.2, 0.25) is 0 Å². The van der Waals surface area contributed by atoms with Crippen molar-refractivity contribution in [1.29, 1.82) is 0 Å². The van der Waals surface area contributed by atoms with E-state index in [-0.39, 0.29) is 11.2 Å². The Labute approximate surface area is 148 Å². The monoisotopic (exact) mass is 363 g/mol. The number of nitrogen functional groups attached to an aromatic ring is 1. The maximum absolute atomic E-state index is 12.6. The zero-order valence-corrected chi connectivity index (χ0v) is 14.6. The van der Waals surface area contributed by atoms with Gasteiger partial charge in [-0.1, -0.05) is 23.2 Å². The number of nitrogens with two attached hydrogens (primary N) is 1. The molecule has 2 aromatic carbocycles. The molecule has 0 aliphatic carbocycles. The molecule has 0 aliphatic heterocycles. The first kappa shape index (κ1) is 16.5. The van der Waals surface area contributed by atoms with E-state index in [0.717, 1.165) is 11.3 Å². The number of anilines is 1. The van der Waals surface area contributed by atoms with Gasteiger partial charge in [-0.15, -0.1) is 0 Å². The number of hydrogen-bond donors (Lipinski definition) is 1. The summed E-state index contributed by atoms with van der Waals surface area (Å²) in [6.45, 7) is 0. The van der Waals surface area contributed by atoms with Gasteiger partial charge in [0.15, 0.2) is 0 Å². The van der Waals surface area contributed by atoms with Gasteiger partial charge in [0.1, 0.15) is 11.4 Å². The minimum atomic E-state index is -0.340. The van der Waals surface area contributed by atoms with Gasteiger partial charge < -0.3 is 10.5 Å². The minimum absolute atomic E-state index is 0.147. The minimum Gasteiger partial charge on any atom is -0.497 e. The van der Waals surface area contributed by atoms with E-state index in [1.54, 1.807) is 37.0 Å². The summed E-state index contributed by atoms with van der Waals surface area (Å²) in [7, 11) is 3.35. The molecule has 0 saturated carbocycles. The van der Waals surface area contributed by atoms with Crippen LogP contribution in [0, 0.1) is 0 Å². The van der Waals surface area contributed by atoms with E-state index in [0.29, 0.717) is 21.4 Å². The number of nitrogens with zero attached hydrogens (tertiary/aromatic N) is 2. The van der Waals surface area contributed by atoms with E-state index in [2.05, 4.69) is 0 Å². The molecule has 2 N–H and O–H groups in total. The standard InChI is InChI=1S/C17H15Cl2N3O2/c1-21-16(10-3-6-12(24-2)7-4-10)15(20)17(23)22(21)14-8-5-11(18)9-13(14)19/h3-9H,20H2,1-2H3. The highest BCUT2D eigenvalue weighted by atomic mass is 35.5. The van der Waals surface area contributed by atoms with Crippen LogP contribution in [0.2, 0.25) is 10.0 Å². The Kier molecular flexibility index (Phi) is 4.30. The van der Waals surface area contributed by atoms with Crippen LogP contribution >= 0.6 is 23.2 Å². The predicted octanol–water partition coefficient (Wildman–Crippen LogP) is 3.74. The van der Waals surface area contributed by atoms with Gasteiger partial charge in [0, 0.05) is 17.6 Å². The van der Waals surface area contributed by atoms with Crippen LogP contribution in [0.1, 0.15) is 0 Å². The summed E-state index contributed by atoms with van der Waals surface area (Å²) in [5, 5.41) is 0.862. The number of rotatable bonds is 3. The van der Waals surface area contributed by atoms with Crippen molar-refractivity contribution < 1.29 is 4.74 Å². The van der Waals surface area contributed by atoms with Crippen LogP contribution in [-0.2, 0) is 7.05 Å². The predicted molar refractivity (Wildman–Crippen MR) is 97.4 cm³/mol. The summed E-state index contributed by atoms with van der Waals surface area (Å²) in [4.78, 5) is 12.6. The quantitative estimate of drug-likeness (QED) is 0.770. The van der Waals surface area contributed by atoms with Crippen LogP contribution in [0.4, 0.5) is 5.69 Å². The molecule has 7 heteroatoms. The summed E-state index contributed by atoms with van der Waals surface area (Å²) in [5.74, 6) is 0.725. The van der Waals surface area contributed by atoms with Gasteiger partial charge in [0.05, 0.1) is 23.5 Å². The lowest BCUT2D eigenvalue weighted by Gasteiger charge is -2.12. The first-order chi connectivity index (χ1) is 11.4. The van der Waals surface area contributed by atoms with Crippen LogP contribution in [0.15, 0.2) is 47.3 Å². The number of ether oxygens (including phenoxy) is 1. The van der Waals surface area contributed by atoms with Gasteiger partial charge in [0.25, 0.3) is 5.56 Å². The lowest BCUT2D eigenvalue weighted by atomic mass is 10.1. The molecule has 0 bridgehead atoms. The Bertz CT molecular complexity index is 959. The molecule has 0 saturated heterocycles. The van der Waals surface area contributed by atoms with E-state index < -0.39 is 0 Å². The van der Waals surface area contributed by atoms with E-state index in [1.807, 2.05) is 24.3 Å². The Morgan fingerprint density at radius 3 is 2.33 bits per heavy atom. The summed E-state index contributed by atoms with van der Waals surface area (Å²) in [6, 6.07) is 12.3. The molecule has 0 spiro atoms. The van der Waals surface area contributed by atoms with E-state index in [4.69, 9.17) is 33.7 Å². The van der Waals surface area contributed by atoms with Crippen LogP contribution in [0.25, 0.3) is 16.9 Å². The van der Waals surface area contributed by atoms with Gasteiger partial charge in [-0.2, -0.15) is 0 Å². The van der Waals surface area contributed by atoms with Gasteiger partial charge in [-0.25, -0.2) is 4.68 Å². The Morgan fingerprint density at radius 1 is 1.08 bits per heavy atom. The third-order valence-corrected chi connectivity index (χ3v) is 4.34. The molecule has 124 valence electrons. The first-order valence-electron chi connectivity index (χ1n) is 7.11. The first-order valence-corrected chi connectivity index (χ1v) is 7.87. The summed E-state index contributed by atoms with van der Waals surface area (Å²) in [5.41, 5.74) is 7.80. The van der Waals surface area contributed by atoms with Crippen molar-refractivity contribution >= 4 is 28.9 Å². The SMILES string of the molecule is COc1ccc(-c2c(N)c(=O)n(-c3ccc(Cl)cc3Cl)n2C)cc1. The van der Waals surface area contributed by atoms with Crippen LogP contribution in [0.3, 0.4) is 0 Å². The lowest BCUT2D eigenvalue weighted by Crippen LogP contribution is -2.20. The van der Waals surface area contributed by atoms with E-state index in [9.17, 15) is 4.79 Å². The molecule has 5 nitrogen and oxygen atoms in total. The van der Waals surface area contributed by atoms with Gasteiger partial charge >= 0.3 is 0 Å². The van der Waals surface area contributed by atoms with Crippen molar-refractivity contribution in [3.05, 3.63) is 62.9 Å². The number of methoxy groups -OCH3 is 1. The topological polar surface area (TPSA) is 62.2 Å². The third kappa shape index (κ3) is 2.66. The second-order valence-corrected chi connectivity index (χ2v) is 6.07. The second kappa shape index (κ2) is 6.26. The van der Waals surface area contributed by atoms with E-state index >= 15 is 0 Å². The number of halogens is 2. The van der Waals surface area contributed by atoms with Crippen molar-refractivity contribution in [2.45, 2.75) is 0 Å². The van der Waals surface area contributed by atoms with Crippen molar-refractivity contribution in [1.82, 2.24) is 9.36 Å². The van der Waals surface area contributed by atoms with Gasteiger partial charge in [-0.3, -0.25) is 9.48 Å². The lowest BCUT2D eigenvalue weighted by molar-refractivity contribution is 0.415. The van der Waals surface area contributed by atoms with E-state index in [1.165, 1.54) is 4.68 Å². The molecule has 0 atom stereocenters. The highest BCUT2D eigenvalue weighted by molar-refractivity contribution is 6.35. The zero-order valence-electron chi connectivity index (χ0n) is 13.1. The average molecular weight is 364 g/mol. The summed E-state index contributed by atoms with van der Waals surface area (Å²) < 4.78 is 8.26. The second-order valence-electron chi connectivity index (χ2n) is 5.23. The molecular formula is C17H15Cl2N3O2. The van der Waals surface area contributed by atoms with Crippen LogP contribution < -0.4 is 16.0 Å². The van der Waals surface area contributed by atoms with Crippen molar-refractivity contribution in [2.24, 2.45) is 7.05 Å². The fraction of sp³-hybridized carbons (Fsp3) is 0.118. The summed E-state index contributed by atoms with van der Waals surface area (Å²) >= 11 is 12.2. The Hall–Kier alpha value is -2.37. The number of benzene rings is 2. The smallest absolute Gasteiger partial charge is 0.295 e. The van der Waals surface area contributed by atoms with Crippen molar-refractivity contribution in [3.63, 3.8) is 0 Å². The molecule has 0 fully saturated rings. The molecule has 0 amide bonds. The fourth-order valence-electron chi connectivity index (χ4n) is 2.64. The van der Waals surface area contributed by atoms with Crippen molar-refractivity contribution in [3.8, 4) is 22.7 Å². The number of hydrogen-bond acceptors (Lipinski definition) is 3. The molecule has 3 aromatic rings. The molecule has 1 heterocycles. The third-order valence-electron chi connectivity index (χ3n) is 3.80. The fourth-order valence-corrected chi connectivity index (χ4v) is 3.13. The molecule has 0 unspecified atom stereocenters. The normalized spacial score (nSPS) is 10.8. The van der Waals surface area contributed by atoms with Crippen molar-refractivity contribution in [2.75, 3.05) is 12.8 Å². The molecule has 0 radical (unpaired) electrons. The molecule has 3 rings (SSSR count). The Balaban J connectivity index is 2.22. The maximum atomic E-state index is 12.6. The highest BCUT2D eigenvalue weighted by Crippen LogP contribution is 2.29. The largest absolute Gasteiger partial charge is 0.497 e. The van der Waals surface area contributed by atoms with Crippen LogP contribution in [0.5, 0.6) is 5.75 Å². The molecular weight excluding hydrogens is 349 g/mol. The molecule has 0 aliphatic rings. The molecule has 1 aromatic heterocycles. The number of aromatic nitrogens is 2. The van der Waals surface area contributed by atoms with Crippen LogP contribution in [-0.4, -0.2) is 16.5 Å².